The van der Waals surface area contributed by atoms with Gasteiger partial charge in [-0.25, -0.2) is 4.98 Å². The summed E-state index contributed by atoms with van der Waals surface area (Å²) in [5.41, 5.74) is 2.03. The third kappa shape index (κ3) is 3.01. The number of aldehydes is 1. The van der Waals surface area contributed by atoms with E-state index in [-0.39, 0.29) is 0 Å². The molecule has 2 aromatic rings. The molecule has 1 aromatic carbocycles. The molecule has 0 saturated heterocycles. The number of thiazole rings is 1. The van der Waals surface area contributed by atoms with Gasteiger partial charge < -0.3 is 4.90 Å². The molecule has 0 aliphatic heterocycles. The van der Waals surface area contributed by atoms with Gasteiger partial charge in [-0.1, -0.05) is 42.9 Å². The van der Waals surface area contributed by atoms with Crippen LogP contribution in [0.15, 0.2) is 30.3 Å². The minimum Gasteiger partial charge on any atom is -0.318 e. The molecule has 2 rings (SSSR count). The van der Waals surface area contributed by atoms with E-state index in [0.29, 0.717) is 0 Å². The molecular formula is C15H18N2OS. The van der Waals surface area contributed by atoms with E-state index in [1.54, 1.807) is 0 Å². The van der Waals surface area contributed by atoms with Crippen LogP contribution in [0.1, 0.15) is 35.6 Å². The largest absolute Gasteiger partial charge is 0.318 e. The van der Waals surface area contributed by atoms with Crippen molar-refractivity contribution in [1.29, 1.82) is 0 Å². The first kappa shape index (κ1) is 13.7. The maximum absolute atomic E-state index is 11.1. The summed E-state index contributed by atoms with van der Waals surface area (Å²) in [7, 11) is 0. The number of nitrogens with zero attached hydrogens (tertiary/aromatic N) is 2. The predicted molar refractivity (Wildman–Crippen MR) is 80.6 cm³/mol. The van der Waals surface area contributed by atoms with Crippen LogP contribution in [0.5, 0.6) is 0 Å². The second-order valence-corrected chi connectivity index (χ2v) is 5.26. The van der Waals surface area contributed by atoms with Gasteiger partial charge >= 0.3 is 0 Å². The van der Waals surface area contributed by atoms with Crippen molar-refractivity contribution in [2.75, 3.05) is 11.4 Å². The summed E-state index contributed by atoms with van der Waals surface area (Å²) in [5.74, 6) is 0. The molecule has 0 N–H and O–H groups in total. The standard InChI is InChI=1S/C15H18N2OS/c1-3-8-13-14(11-18)19-15(16-13)17(4-2)12-9-6-5-7-10-12/h5-7,9-11H,3-4,8H2,1-2H3. The van der Waals surface area contributed by atoms with Crippen LogP contribution >= 0.6 is 11.3 Å². The maximum atomic E-state index is 11.1. The fraction of sp³-hybridized carbons (Fsp3) is 0.333. The van der Waals surface area contributed by atoms with Crippen LogP contribution in [0.2, 0.25) is 0 Å². The summed E-state index contributed by atoms with van der Waals surface area (Å²) in [6.45, 7) is 5.03. The van der Waals surface area contributed by atoms with Crippen LogP contribution < -0.4 is 4.90 Å². The van der Waals surface area contributed by atoms with Gasteiger partial charge in [0.2, 0.25) is 0 Å². The molecule has 0 aliphatic rings. The van der Waals surface area contributed by atoms with Gasteiger partial charge in [0, 0.05) is 12.2 Å². The predicted octanol–water partition coefficient (Wildman–Crippen LogP) is 4.07. The van der Waals surface area contributed by atoms with Gasteiger partial charge in [0.05, 0.1) is 10.6 Å². The van der Waals surface area contributed by atoms with Crippen molar-refractivity contribution in [3.05, 3.63) is 40.9 Å². The minimum absolute atomic E-state index is 0.756. The average molecular weight is 274 g/mol. The van der Waals surface area contributed by atoms with E-state index in [2.05, 4.69) is 35.9 Å². The van der Waals surface area contributed by atoms with E-state index in [9.17, 15) is 4.79 Å². The lowest BCUT2D eigenvalue weighted by Crippen LogP contribution is -2.15. The number of anilines is 2. The number of aromatic nitrogens is 1. The summed E-state index contributed by atoms with van der Waals surface area (Å²) in [5, 5.41) is 0.902. The fourth-order valence-corrected chi connectivity index (χ4v) is 3.02. The fourth-order valence-electron chi connectivity index (χ4n) is 2.01. The lowest BCUT2D eigenvalue weighted by molar-refractivity contribution is 0.112. The zero-order chi connectivity index (χ0) is 13.7. The summed E-state index contributed by atoms with van der Waals surface area (Å²) < 4.78 is 0. The molecule has 0 aliphatic carbocycles. The van der Waals surface area contributed by atoms with Crippen molar-refractivity contribution in [1.82, 2.24) is 4.98 Å². The minimum atomic E-state index is 0.756. The van der Waals surface area contributed by atoms with Crippen molar-refractivity contribution in [2.45, 2.75) is 26.7 Å². The lowest BCUT2D eigenvalue weighted by Gasteiger charge is -2.19. The Kier molecular flexibility index (Phi) is 4.68. The highest BCUT2D eigenvalue weighted by Crippen LogP contribution is 2.31. The van der Waals surface area contributed by atoms with Crippen LogP contribution in [0.3, 0.4) is 0 Å². The first-order chi connectivity index (χ1) is 9.30. The van der Waals surface area contributed by atoms with Gasteiger partial charge in [-0.15, -0.1) is 0 Å². The highest BCUT2D eigenvalue weighted by molar-refractivity contribution is 7.17. The highest BCUT2D eigenvalue weighted by atomic mass is 32.1. The van der Waals surface area contributed by atoms with Crippen molar-refractivity contribution in [2.24, 2.45) is 0 Å². The Balaban J connectivity index is 2.36. The monoisotopic (exact) mass is 274 g/mol. The molecule has 0 unspecified atom stereocenters. The second-order valence-electron chi connectivity index (χ2n) is 4.26. The Morgan fingerprint density at radius 2 is 2.00 bits per heavy atom. The van der Waals surface area contributed by atoms with Gasteiger partial charge in [0.25, 0.3) is 0 Å². The Morgan fingerprint density at radius 1 is 1.26 bits per heavy atom. The average Bonchev–Trinajstić information content (AvgIpc) is 2.84. The topological polar surface area (TPSA) is 33.2 Å². The summed E-state index contributed by atoms with van der Waals surface area (Å²) in [4.78, 5) is 18.6. The van der Waals surface area contributed by atoms with Crippen LogP contribution in [0, 0.1) is 0 Å². The third-order valence-electron chi connectivity index (χ3n) is 2.93. The molecule has 0 saturated carbocycles. The molecule has 1 heterocycles. The van der Waals surface area contributed by atoms with Crippen molar-refractivity contribution in [3.63, 3.8) is 0 Å². The Morgan fingerprint density at radius 3 is 2.58 bits per heavy atom. The van der Waals surface area contributed by atoms with Crippen LogP contribution in [-0.2, 0) is 6.42 Å². The molecule has 1 aromatic heterocycles. The van der Waals surface area contributed by atoms with Gasteiger partial charge in [0.15, 0.2) is 11.4 Å². The molecule has 0 radical (unpaired) electrons. The van der Waals surface area contributed by atoms with Crippen molar-refractivity contribution >= 4 is 28.4 Å². The summed E-state index contributed by atoms with van der Waals surface area (Å²) in [6.07, 6.45) is 2.78. The van der Waals surface area contributed by atoms with Gasteiger partial charge in [0.1, 0.15) is 0 Å². The number of para-hydroxylation sites is 1. The van der Waals surface area contributed by atoms with E-state index in [0.717, 1.165) is 47.1 Å². The maximum Gasteiger partial charge on any atom is 0.190 e. The van der Waals surface area contributed by atoms with E-state index >= 15 is 0 Å². The van der Waals surface area contributed by atoms with E-state index < -0.39 is 0 Å². The number of hydrogen-bond acceptors (Lipinski definition) is 4. The molecule has 3 nitrogen and oxygen atoms in total. The van der Waals surface area contributed by atoms with Crippen LogP contribution in [0.25, 0.3) is 0 Å². The van der Waals surface area contributed by atoms with Crippen molar-refractivity contribution in [3.8, 4) is 0 Å². The highest BCUT2D eigenvalue weighted by Gasteiger charge is 2.15. The number of aryl methyl sites for hydroxylation is 1. The Labute approximate surface area is 117 Å². The Hall–Kier alpha value is -1.68. The number of rotatable bonds is 6. The first-order valence-corrected chi connectivity index (χ1v) is 7.39. The first-order valence-electron chi connectivity index (χ1n) is 6.57. The Bertz CT molecular complexity index is 536. The van der Waals surface area contributed by atoms with Gasteiger partial charge in [-0.3, -0.25) is 4.79 Å². The molecule has 0 spiro atoms. The number of benzene rings is 1. The van der Waals surface area contributed by atoms with Gasteiger partial charge in [-0.2, -0.15) is 0 Å². The summed E-state index contributed by atoms with van der Waals surface area (Å²) in [6, 6.07) is 10.1. The second kappa shape index (κ2) is 6.48. The van der Waals surface area contributed by atoms with Crippen molar-refractivity contribution < 1.29 is 4.79 Å². The molecule has 4 heteroatoms. The molecular weight excluding hydrogens is 256 g/mol. The van der Waals surface area contributed by atoms with E-state index in [1.807, 2.05) is 18.2 Å². The summed E-state index contributed by atoms with van der Waals surface area (Å²) >= 11 is 1.47. The zero-order valence-corrected chi connectivity index (χ0v) is 12.1. The number of hydrogen-bond donors (Lipinski definition) is 0. The van der Waals surface area contributed by atoms with Crippen LogP contribution in [0.4, 0.5) is 10.8 Å². The SMILES string of the molecule is CCCc1nc(N(CC)c2ccccc2)sc1C=O. The van der Waals surface area contributed by atoms with E-state index in [4.69, 9.17) is 0 Å². The number of carbonyl (C=O) groups excluding carboxylic acids is 1. The van der Waals surface area contributed by atoms with E-state index in [1.165, 1.54) is 11.3 Å². The number of carbonyl (C=O) groups is 1. The normalized spacial score (nSPS) is 10.4. The molecule has 19 heavy (non-hydrogen) atoms. The molecule has 0 fully saturated rings. The van der Waals surface area contributed by atoms with Crippen LogP contribution in [-0.4, -0.2) is 17.8 Å². The third-order valence-corrected chi connectivity index (χ3v) is 3.97. The van der Waals surface area contributed by atoms with Gasteiger partial charge in [-0.05, 0) is 25.5 Å². The zero-order valence-electron chi connectivity index (χ0n) is 11.3. The molecule has 0 amide bonds. The molecule has 100 valence electrons. The molecule has 0 bridgehead atoms. The molecule has 0 atom stereocenters. The smallest absolute Gasteiger partial charge is 0.190 e. The quantitative estimate of drug-likeness (QED) is 0.745. The lowest BCUT2D eigenvalue weighted by atomic mass is 10.2.